The first-order valence-electron chi connectivity index (χ1n) is 8.04. The molecule has 28 heavy (non-hydrogen) atoms. The third-order valence-corrected chi connectivity index (χ3v) is 4.95. The molecule has 0 spiro atoms. The molecule has 0 radical (unpaired) electrons. The Bertz CT molecular complexity index is 1080. The maximum Gasteiger partial charge on any atom is 0.340 e. The number of hydrogen-bond acceptors (Lipinski definition) is 7. The number of phenols is 1. The van der Waals surface area contributed by atoms with Crippen LogP contribution in [0.15, 0.2) is 30.0 Å². The molecule has 7 nitrogen and oxygen atoms in total. The van der Waals surface area contributed by atoms with Crippen molar-refractivity contribution in [1.82, 2.24) is 0 Å². The highest BCUT2D eigenvalue weighted by Crippen LogP contribution is 2.42. The van der Waals surface area contributed by atoms with Crippen LogP contribution in [0.1, 0.15) is 42.2 Å². The molecule has 2 aromatic carbocycles. The summed E-state index contributed by atoms with van der Waals surface area (Å²) in [5.74, 6) is -3.92. The summed E-state index contributed by atoms with van der Waals surface area (Å²) in [6, 6.07) is 5.42. The quantitative estimate of drug-likeness (QED) is 0.756. The zero-order valence-electron chi connectivity index (χ0n) is 15.1. The van der Waals surface area contributed by atoms with Crippen molar-refractivity contribution < 1.29 is 34.1 Å². The smallest absolute Gasteiger partial charge is 0.340 e. The maximum absolute atomic E-state index is 13.1. The van der Waals surface area contributed by atoms with Crippen LogP contribution >= 0.6 is 11.6 Å². The number of aryl methyl sites for hydroxylation is 1. The van der Waals surface area contributed by atoms with Crippen LogP contribution in [0.3, 0.4) is 0 Å². The molecule has 0 unspecified atom stereocenters. The highest BCUT2D eigenvalue weighted by Gasteiger charge is 2.39. The molecule has 0 saturated carbocycles. The Morgan fingerprint density at radius 1 is 1.07 bits per heavy atom. The van der Waals surface area contributed by atoms with Gasteiger partial charge in [-0.1, -0.05) is 23.7 Å². The van der Waals surface area contributed by atoms with E-state index in [4.69, 9.17) is 21.1 Å². The Hall–Kier alpha value is -3.32. The van der Waals surface area contributed by atoms with Crippen molar-refractivity contribution in [3.8, 4) is 11.5 Å². The molecule has 1 aliphatic carbocycles. The van der Waals surface area contributed by atoms with Gasteiger partial charge < -0.3 is 19.7 Å². The van der Waals surface area contributed by atoms with Gasteiger partial charge in [0.15, 0.2) is 11.5 Å². The number of allylic oxidation sites excluding steroid dienone is 2. The van der Waals surface area contributed by atoms with E-state index in [0.717, 1.165) is 7.11 Å². The van der Waals surface area contributed by atoms with E-state index in [0.29, 0.717) is 5.56 Å². The number of phenolic OH excluding ortho intramolecular Hbond substituents is 1. The number of fused-ring (bicyclic) bond motifs is 1. The summed E-state index contributed by atoms with van der Waals surface area (Å²) in [6.07, 6.45) is 0. The van der Waals surface area contributed by atoms with Crippen molar-refractivity contribution in [2.24, 2.45) is 0 Å². The fraction of sp³-hybridized carbons (Fsp3) is 0.150. The molecule has 2 aromatic rings. The second-order valence-electron chi connectivity index (χ2n) is 6.03. The average Bonchev–Trinajstić information content (AvgIpc) is 2.68. The van der Waals surface area contributed by atoms with Crippen molar-refractivity contribution in [2.45, 2.75) is 6.92 Å². The van der Waals surface area contributed by atoms with E-state index >= 15 is 0 Å². The van der Waals surface area contributed by atoms with Gasteiger partial charge in [-0.05, 0) is 24.6 Å². The van der Waals surface area contributed by atoms with Gasteiger partial charge in [-0.3, -0.25) is 9.59 Å². The van der Waals surface area contributed by atoms with Gasteiger partial charge in [-0.25, -0.2) is 4.79 Å². The van der Waals surface area contributed by atoms with Crippen LogP contribution in [-0.2, 0) is 4.74 Å². The standard InChI is InChI=1S/C20H15ClO7/c1-8-7-11(27-2)13(14(16(8)21)20(26)28-3)15-17(23)9-5-4-6-10(22)12(9)18(24)19(15)25/h4-7,22,25H,1-3H3. The first-order chi connectivity index (χ1) is 13.2. The number of benzene rings is 2. The molecule has 0 atom stereocenters. The number of halogens is 1. The fourth-order valence-electron chi connectivity index (χ4n) is 3.14. The van der Waals surface area contributed by atoms with Crippen LogP contribution in [-0.4, -0.2) is 42.0 Å². The number of esters is 1. The first kappa shape index (κ1) is 19.4. The molecular weight excluding hydrogens is 388 g/mol. The first-order valence-corrected chi connectivity index (χ1v) is 8.42. The molecule has 0 amide bonds. The predicted molar refractivity (Wildman–Crippen MR) is 100 cm³/mol. The molecule has 8 heteroatoms. The highest BCUT2D eigenvalue weighted by atomic mass is 35.5. The zero-order chi connectivity index (χ0) is 20.7. The molecule has 0 aromatic heterocycles. The molecule has 1 aliphatic rings. The minimum atomic E-state index is -0.961. The molecular formula is C20H15ClO7. The predicted octanol–water partition coefficient (Wildman–Crippen LogP) is 3.50. The van der Waals surface area contributed by atoms with Gasteiger partial charge in [-0.15, -0.1) is 0 Å². The van der Waals surface area contributed by atoms with Crippen LogP contribution in [0.5, 0.6) is 11.5 Å². The average molecular weight is 403 g/mol. The second kappa shape index (κ2) is 7.01. The van der Waals surface area contributed by atoms with Gasteiger partial charge in [0.05, 0.1) is 35.9 Å². The van der Waals surface area contributed by atoms with Gasteiger partial charge >= 0.3 is 5.97 Å². The summed E-state index contributed by atoms with van der Waals surface area (Å²) in [6.45, 7) is 1.62. The number of ketones is 2. The lowest BCUT2D eigenvalue weighted by Crippen LogP contribution is -2.23. The van der Waals surface area contributed by atoms with Gasteiger partial charge in [0.2, 0.25) is 5.78 Å². The summed E-state index contributed by atoms with van der Waals surface area (Å²) < 4.78 is 10.1. The Morgan fingerprint density at radius 3 is 2.36 bits per heavy atom. The summed E-state index contributed by atoms with van der Waals surface area (Å²) in [5.41, 5.74) is -0.794. The monoisotopic (exact) mass is 402 g/mol. The number of methoxy groups -OCH3 is 2. The van der Waals surface area contributed by atoms with E-state index in [1.54, 1.807) is 6.92 Å². The molecule has 0 fully saturated rings. The fourth-order valence-corrected chi connectivity index (χ4v) is 3.37. The van der Waals surface area contributed by atoms with Crippen LogP contribution in [0.2, 0.25) is 5.02 Å². The van der Waals surface area contributed by atoms with Crippen LogP contribution < -0.4 is 4.74 Å². The van der Waals surface area contributed by atoms with Crippen molar-refractivity contribution >= 4 is 34.7 Å². The van der Waals surface area contributed by atoms with Gasteiger partial charge in [0.25, 0.3) is 0 Å². The Labute approximate surface area is 164 Å². The third-order valence-electron chi connectivity index (χ3n) is 4.46. The Kier molecular flexibility index (Phi) is 4.87. The highest BCUT2D eigenvalue weighted by molar-refractivity contribution is 6.42. The summed E-state index contributed by atoms with van der Waals surface area (Å²) in [5, 5.41) is 20.5. The lowest BCUT2D eigenvalue weighted by atomic mass is 9.82. The van der Waals surface area contributed by atoms with Crippen LogP contribution in [0, 0.1) is 6.92 Å². The largest absolute Gasteiger partial charge is 0.507 e. The van der Waals surface area contributed by atoms with Crippen LogP contribution in [0.4, 0.5) is 0 Å². The zero-order valence-corrected chi connectivity index (χ0v) is 15.9. The molecule has 0 bridgehead atoms. The van der Waals surface area contributed by atoms with Gasteiger partial charge in [-0.2, -0.15) is 0 Å². The number of aliphatic hydroxyl groups excluding tert-OH is 1. The number of ether oxygens (including phenoxy) is 2. The number of Topliss-reactive ketones (excluding diaryl/α,β-unsaturated/α-hetero) is 2. The van der Waals surface area contributed by atoms with Gasteiger partial charge in [0, 0.05) is 11.1 Å². The molecule has 144 valence electrons. The van der Waals surface area contributed by atoms with E-state index in [-0.39, 0.29) is 33.0 Å². The number of aromatic hydroxyl groups is 1. The minimum Gasteiger partial charge on any atom is -0.507 e. The number of hydrogen-bond donors (Lipinski definition) is 2. The van der Waals surface area contributed by atoms with Crippen molar-refractivity contribution in [3.05, 3.63) is 62.9 Å². The lowest BCUT2D eigenvalue weighted by molar-refractivity contribution is 0.0600. The Balaban J connectivity index is 2.43. The van der Waals surface area contributed by atoms with Crippen molar-refractivity contribution in [3.63, 3.8) is 0 Å². The van der Waals surface area contributed by atoms with E-state index in [9.17, 15) is 24.6 Å². The number of carbonyl (C=O) groups excluding carboxylic acids is 3. The van der Waals surface area contributed by atoms with Crippen molar-refractivity contribution in [2.75, 3.05) is 14.2 Å². The van der Waals surface area contributed by atoms with E-state index in [2.05, 4.69) is 0 Å². The second-order valence-corrected chi connectivity index (χ2v) is 6.41. The van der Waals surface area contributed by atoms with Crippen molar-refractivity contribution in [1.29, 1.82) is 0 Å². The Morgan fingerprint density at radius 2 is 1.75 bits per heavy atom. The van der Waals surface area contributed by atoms with E-state index in [1.165, 1.54) is 31.4 Å². The van der Waals surface area contributed by atoms with Crippen LogP contribution in [0.25, 0.3) is 5.57 Å². The normalized spacial score (nSPS) is 13.4. The third kappa shape index (κ3) is 2.71. The molecule has 0 saturated heterocycles. The summed E-state index contributed by atoms with van der Waals surface area (Å²) >= 11 is 6.28. The minimum absolute atomic E-state index is 0.00935. The molecule has 0 aliphatic heterocycles. The number of rotatable bonds is 3. The lowest BCUT2D eigenvalue weighted by Gasteiger charge is -2.22. The molecule has 2 N–H and O–H groups in total. The van der Waals surface area contributed by atoms with E-state index < -0.39 is 34.6 Å². The number of aliphatic hydroxyl groups is 1. The molecule has 3 rings (SSSR count). The summed E-state index contributed by atoms with van der Waals surface area (Å²) in [4.78, 5) is 38.2. The number of carbonyl (C=O) groups is 3. The molecule has 0 heterocycles. The summed E-state index contributed by atoms with van der Waals surface area (Å²) in [7, 11) is 2.44. The SMILES string of the molecule is COC(=O)c1c(Cl)c(C)cc(OC)c1C1=C(O)C(=O)c2c(O)cccc2C1=O. The maximum atomic E-state index is 13.1. The van der Waals surface area contributed by atoms with E-state index in [1.807, 2.05) is 0 Å². The topological polar surface area (TPSA) is 110 Å². The van der Waals surface area contributed by atoms with Gasteiger partial charge in [0.1, 0.15) is 11.5 Å².